The quantitative estimate of drug-likeness (QED) is 0.510. The summed E-state index contributed by atoms with van der Waals surface area (Å²) in [4.78, 5) is 9.34. The Balaban J connectivity index is 1.22. The summed E-state index contributed by atoms with van der Waals surface area (Å²) in [6.07, 6.45) is 7.32. The SMILES string of the molecule is CN1Cc2cc(OCCCN3CCC(F)CC3)ccc2C(c2ccc(-n3cccn3)nc2)C1. The highest BCUT2D eigenvalue weighted by Gasteiger charge is 2.25. The summed E-state index contributed by atoms with van der Waals surface area (Å²) in [5.41, 5.74) is 3.88. The van der Waals surface area contributed by atoms with E-state index in [0.717, 1.165) is 50.7 Å². The van der Waals surface area contributed by atoms with Gasteiger partial charge in [0.1, 0.15) is 11.9 Å². The van der Waals surface area contributed by atoms with Crippen molar-refractivity contribution in [1.29, 1.82) is 0 Å². The molecule has 0 bridgehead atoms. The predicted octanol–water partition coefficient (Wildman–Crippen LogP) is 4.05. The van der Waals surface area contributed by atoms with Crippen molar-refractivity contribution < 1.29 is 9.13 Å². The summed E-state index contributed by atoms with van der Waals surface area (Å²) in [6.45, 7) is 5.28. The Kier molecular flexibility index (Phi) is 6.69. The molecule has 174 valence electrons. The average Bonchev–Trinajstić information content (AvgIpc) is 3.37. The second-order valence-corrected chi connectivity index (χ2v) is 9.23. The first-order valence-electron chi connectivity index (χ1n) is 11.9. The minimum absolute atomic E-state index is 0.283. The first-order chi connectivity index (χ1) is 16.2. The van der Waals surface area contributed by atoms with Crippen LogP contribution in [-0.4, -0.2) is 70.6 Å². The van der Waals surface area contributed by atoms with E-state index in [-0.39, 0.29) is 5.92 Å². The van der Waals surface area contributed by atoms with Crippen LogP contribution >= 0.6 is 0 Å². The summed E-state index contributed by atoms with van der Waals surface area (Å²) in [5.74, 6) is 2.04. The van der Waals surface area contributed by atoms with E-state index in [1.54, 1.807) is 10.9 Å². The molecule has 1 atom stereocenters. The third-order valence-electron chi connectivity index (χ3n) is 6.74. The fraction of sp³-hybridized carbons (Fsp3) is 0.462. The standard InChI is InChI=1S/C26H32FN5O/c1-30-18-21-16-23(33-15-3-11-31-13-8-22(27)9-14-31)5-6-24(21)25(19-30)20-4-7-26(28-17-20)32-12-2-10-29-32/h2,4-7,10,12,16-17,22,25H,3,8-9,11,13-15,18-19H2,1H3. The lowest BCUT2D eigenvalue weighted by Crippen LogP contribution is -2.35. The Hall–Kier alpha value is -2.77. The predicted molar refractivity (Wildman–Crippen MR) is 127 cm³/mol. The van der Waals surface area contributed by atoms with E-state index >= 15 is 0 Å². The topological polar surface area (TPSA) is 46.4 Å². The van der Waals surface area contributed by atoms with Gasteiger partial charge in [-0.2, -0.15) is 5.10 Å². The van der Waals surface area contributed by atoms with Crippen LogP contribution in [0.4, 0.5) is 4.39 Å². The Bertz CT molecular complexity index is 1030. The van der Waals surface area contributed by atoms with E-state index in [9.17, 15) is 4.39 Å². The van der Waals surface area contributed by atoms with Gasteiger partial charge in [-0.1, -0.05) is 12.1 Å². The molecule has 7 heteroatoms. The molecule has 4 heterocycles. The van der Waals surface area contributed by atoms with Crippen molar-refractivity contribution in [3.63, 3.8) is 0 Å². The summed E-state index contributed by atoms with van der Waals surface area (Å²) in [5, 5.41) is 4.26. The highest BCUT2D eigenvalue weighted by Crippen LogP contribution is 2.35. The van der Waals surface area contributed by atoms with Gasteiger partial charge in [0.2, 0.25) is 0 Å². The van der Waals surface area contributed by atoms with Gasteiger partial charge >= 0.3 is 0 Å². The van der Waals surface area contributed by atoms with Crippen molar-refractivity contribution in [3.8, 4) is 11.6 Å². The monoisotopic (exact) mass is 449 g/mol. The van der Waals surface area contributed by atoms with Crippen LogP contribution < -0.4 is 4.74 Å². The van der Waals surface area contributed by atoms with E-state index in [2.05, 4.69) is 51.2 Å². The molecule has 6 nitrogen and oxygen atoms in total. The second-order valence-electron chi connectivity index (χ2n) is 9.23. The number of rotatable bonds is 7. The maximum atomic E-state index is 13.3. The van der Waals surface area contributed by atoms with Gasteiger partial charge in [0.15, 0.2) is 5.82 Å². The number of halogens is 1. The van der Waals surface area contributed by atoms with Crippen molar-refractivity contribution >= 4 is 0 Å². The van der Waals surface area contributed by atoms with Crippen LogP contribution in [-0.2, 0) is 6.54 Å². The number of hydrogen-bond donors (Lipinski definition) is 0. The molecule has 2 aromatic heterocycles. The Labute approximate surface area is 195 Å². The van der Waals surface area contributed by atoms with Crippen molar-refractivity contribution in [3.05, 3.63) is 71.7 Å². The van der Waals surface area contributed by atoms with Crippen LogP contribution in [0.5, 0.6) is 5.75 Å². The van der Waals surface area contributed by atoms with E-state index < -0.39 is 6.17 Å². The maximum Gasteiger partial charge on any atom is 0.153 e. The maximum absolute atomic E-state index is 13.3. The minimum atomic E-state index is -0.611. The molecule has 2 aliphatic rings. The molecule has 2 aliphatic heterocycles. The first-order valence-corrected chi connectivity index (χ1v) is 11.9. The van der Waals surface area contributed by atoms with Gasteiger partial charge in [0, 0.05) is 57.2 Å². The highest BCUT2D eigenvalue weighted by atomic mass is 19.1. The third kappa shape index (κ3) is 5.25. The first kappa shape index (κ1) is 22.0. The summed E-state index contributed by atoms with van der Waals surface area (Å²) >= 11 is 0. The molecule has 0 amide bonds. The van der Waals surface area contributed by atoms with Crippen molar-refractivity contribution in [2.45, 2.75) is 37.9 Å². The molecule has 0 N–H and O–H groups in total. The van der Waals surface area contributed by atoms with Crippen LogP contribution in [0, 0.1) is 0 Å². The van der Waals surface area contributed by atoms with Crippen molar-refractivity contribution in [2.24, 2.45) is 0 Å². The Morgan fingerprint density at radius 2 is 2.03 bits per heavy atom. The molecule has 5 rings (SSSR count). The second kappa shape index (κ2) is 10.0. The summed E-state index contributed by atoms with van der Waals surface area (Å²) in [7, 11) is 2.16. The normalized spacial score (nSPS) is 20.0. The van der Waals surface area contributed by atoms with Crippen molar-refractivity contribution in [2.75, 3.05) is 39.8 Å². The van der Waals surface area contributed by atoms with Gasteiger partial charge in [-0.15, -0.1) is 0 Å². The van der Waals surface area contributed by atoms with Crippen LogP contribution in [0.15, 0.2) is 55.0 Å². The third-order valence-corrected chi connectivity index (χ3v) is 6.74. The van der Waals surface area contributed by atoms with Gasteiger partial charge in [0.05, 0.1) is 6.61 Å². The number of pyridine rings is 1. The van der Waals surface area contributed by atoms with Crippen molar-refractivity contribution in [1.82, 2.24) is 24.6 Å². The number of piperidine rings is 1. The molecular formula is C26H32FN5O. The van der Waals surface area contributed by atoms with E-state index in [4.69, 9.17) is 4.74 Å². The molecule has 1 fully saturated rings. The average molecular weight is 450 g/mol. The molecule has 0 aliphatic carbocycles. The van der Waals surface area contributed by atoms with Gasteiger partial charge in [-0.25, -0.2) is 14.1 Å². The van der Waals surface area contributed by atoms with Crippen LogP contribution in [0.2, 0.25) is 0 Å². The molecule has 0 spiro atoms. The van der Waals surface area contributed by atoms with Gasteiger partial charge < -0.3 is 14.5 Å². The van der Waals surface area contributed by atoms with Gasteiger partial charge in [-0.3, -0.25) is 0 Å². The zero-order chi connectivity index (χ0) is 22.6. The zero-order valence-electron chi connectivity index (χ0n) is 19.2. The summed E-state index contributed by atoms with van der Waals surface area (Å²) in [6, 6.07) is 12.6. The smallest absolute Gasteiger partial charge is 0.153 e. The number of likely N-dealkylation sites (N-methyl/N-ethyl adjacent to an activating group) is 1. The number of ether oxygens (including phenoxy) is 1. The largest absolute Gasteiger partial charge is 0.494 e. The van der Waals surface area contributed by atoms with Gasteiger partial charge in [0.25, 0.3) is 0 Å². The molecule has 1 saturated heterocycles. The summed E-state index contributed by atoms with van der Waals surface area (Å²) < 4.78 is 21.1. The Morgan fingerprint density at radius 1 is 1.15 bits per heavy atom. The van der Waals surface area contributed by atoms with Gasteiger partial charge in [-0.05, 0) is 67.3 Å². The number of fused-ring (bicyclic) bond motifs is 1. The highest BCUT2D eigenvalue weighted by molar-refractivity contribution is 5.44. The van der Waals surface area contributed by atoms with E-state index in [0.29, 0.717) is 19.4 Å². The van der Waals surface area contributed by atoms with Crippen LogP contribution in [0.3, 0.4) is 0 Å². The number of benzene rings is 1. The number of nitrogens with zero attached hydrogens (tertiary/aromatic N) is 5. The number of alkyl halides is 1. The number of hydrogen-bond acceptors (Lipinski definition) is 5. The zero-order valence-corrected chi connectivity index (χ0v) is 19.2. The lowest BCUT2D eigenvalue weighted by molar-refractivity contribution is 0.143. The van der Waals surface area contributed by atoms with Crippen LogP contribution in [0.1, 0.15) is 41.9 Å². The lowest BCUT2D eigenvalue weighted by Gasteiger charge is -2.32. The molecule has 1 unspecified atom stereocenters. The van der Waals surface area contributed by atoms with E-state index in [1.165, 1.54) is 16.7 Å². The Morgan fingerprint density at radius 3 is 2.79 bits per heavy atom. The molecule has 0 saturated carbocycles. The molecule has 0 radical (unpaired) electrons. The fourth-order valence-corrected chi connectivity index (χ4v) is 4.95. The van der Waals surface area contributed by atoms with Crippen LogP contribution in [0.25, 0.3) is 5.82 Å². The lowest BCUT2D eigenvalue weighted by atomic mass is 9.85. The molecule has 33 heavy (non-hydrogen) atoms. The molecular weight excluding hydrogens is 417 g/mol. The fourth-order valence-electron chi connectivity index (χ4n) is 4.95. The number of aromatic nitrogens is 3. The molecule has 3 aromatic rings. The molecule has 1 aromatic carbocycles. The number of likely N-dealkylation sites (tertiary alicyclic amines) is 1. The van der Waals surface area contributed by atoms with E-state index in [1.807, 2.05) is 24.5 Å². The minimum Gasteiger partial charge on any atom is -0.494 e.